The van der Waals surface area contributed by atoms with Crippen molar-refractivity contribution in [2.75, 3.05) is 12.4 Å². The molecule has 0 bridgehead atoms. The maximum atomic E-state index is 12.6. The zero-order valence-electron chi connectivity index (χ0n) is 14.4. The van der Waals surface area contributed by atoms with Gasteiger partial charge in [-0.1, -0.05) is 17.7 Å². The van der Waals surface area contributed by atoms with Crippen LogP contribution in [0.4, 0.5) is 5.69 Å². The molecule has 27 heavy (non-hydrogen) atoms. The van der Waals surface area contributed by atoms with Crippen molar-refractivity contribution in [3.05, 3.63) is 83.3 Å². The maximum Gasteiger partial charge on any atom is 0.255 e. The molecule has 0 aliphatic carbocycles. The molecule has 0 fully saturated rings. The summed E-state index contributed by atoms with van der Waals surface area (Å²) in [6.45, 7) is 0.117. The molecule has 140 valence electrons. The van der Waals surface area contributed by atoms with Crippen LogP contribution in [0.5, 0.6) is 0 Å². The minimum absolute atomic E-state index is 0.0934. The lowest BCUT2D eigenvalue weighted by atomic mass is 10.2. The SMILES string of the molecule is CN(Cc1ccco1)S(=O)(=O)c1ccc(C(=O)Nc2cccc(Cl)c2)cc1. The van der Waals surface area contributed by atoms with E-state index in [1.165, 1.54) is 41.9 Å². The van der Waals surface area contributed by atoms with E-state index in [0.717, 1.165) is 0 Å². The fourth-order valence-corrected chi connectivity index (χ4v) is 3.76. The van der Waals surface area contributed by atoms with Crippen molar-refractivity contribution in [3.63, 3.8) is 0 Å². The number of hydrogen-bond donors (Lipinski definition) is 1. The molecule has 3 rings (SSSR count). The van der Waals surface area contributed by atoms with Gasteiger partial charge in [0, 0.05) is 23.3 Å². The van der Waals surface area contributed by atoms with Crippen LogP contribution in [0.1, 0.15) is 16.1 Å². The Bertz CT molecular complexity index is 1030. The molecule has 0 saturated heterocycles. The molecule has 1 aromatic heterocycles. The number of rotatable bonds is 6. The minimum atomic E-state index is -3.70. The van der Waals surface area contributed by atoms with Crippen LogP contribution in [-0.4, -0.2) is 25.7 Å². The monoisotopic (exact) mass is 404 g/mol. The third kappa shape index (κ3) is 4.57. The van der Waals surface area contributed by atoms with Gasteiger partial charge in [-0.05, 0) is 54.6 Å². The second-order valence-electron chi connectivity index (χ2n) is 5.83. The maximum absolute atomic E-state index is 12.6. The van der Waals surface area contributed by atoms with Crippen molar-refractivity contribution in [2.24, 2.45) is 0 Å². The summed E-state index contributed by atoms with van der Waals surface area (Å²) in [5.41, 5.74) is 0.894. The van der Waals surface area contributed by atoms with Crippen molar-refractivity contribution >= 4 is 33.2 Å². The molecule has 6 nitrogen and oxygen atoms in total. The number of anilines is 1. The fourth-order valence-electron chi connectivity index (χ4n) is 2.43. The van der Waals surface area contributed by atoms with Crippen LogP contribution in [0.15, 0.2) is 76.2 Å². The summed E-state index contributed by atoms with van der Waals surface area (Å²) >= 11 is 5.90. The van der Waals surface area contributed by atoms with E-state index in [1.807, 2.05) is 0 Å². The smallest absolute Gasteiger partial charge is 0.255 e. The largest absolute Gasteiger partial charge is 0.468 e. The average Bonchev–Trinajstić information content (AvgIpc) is 3.15. The number of sulfonamides is 1. The summed E-state index contributed by atoms with van der Waals surface area (Å²) in [7, 11) is -2.23. The molecule has 0 unspecified atom stereocenters. The van der Waals surface area contributed by atoms with Gasteiger partial charge in [0.05, 0.1) is 17.7 Å². The Morgan fingerprint density at radius 2 is 1.85 bits per heavy atom. The molecule has 8 heteroatoms. The highest BCUT2D eigenvalue weighted by Gasteiger charge is 2.22. The lowest BCUT2D eigenvalue weighted by Crippen LogP contribution is -2.26. The third-order valence-electron chi connectivity index (χ3n) is 3.87. The first kappa shape index (κ1) is 19.2. The van der Waals surface area contributed by atoms with Gasteiger partial charge in [0.1, 0.15) is 5.76 Å². The molecular formula is C19H17ClN2O4S. The van der Waals surface area contributed by atoms with Crippen LogP contribution in [0.25, 0.3) is 0 Å². The quantitative estimate of drug-likeness (QED) is 0.673. The highest BCUT2D eigenvalue weighted by Crippen LogP contribution is 2.19. The number of nitrogens with one attached hydrogen (secondary N) is 1. The predicted octanol–water partition coefficient (Wildman–Crippen LogP) is 4.01. The molecular weight excluding hydrogens is 388 g/mol. The number of hydrogen-bond acceptors (Lipinski definition) is 4. The number of carbonyl (C=O) groups excluding carboxylic acids is 1. The van der Waals surface area contributed by atoms with Gasteiger partial charge in [0.25, 0.3) is 5.91 Å². The summed E-state index contributed by atoms with van der Waals surface area (Å²) in [5, 5.41) is 3.22. The van der Waals surface area contributed by atoms with Crippen LogP contribution in [-0.2, 0) is 16.6 Å². The fraction of sp³-hybridized carbons (Fsp3) is 0.105. The molecule has 0 spiro atoms. The molecule has 0 aliphatic rings. The summed E-state index contributed by atoms with van der Waals surface area (Å²) in [6, 6.07) is 15.9. The summed E-state index contributed by atoms with van der Waals surface area (Å²) in [5.74, 6) is 0.184. The van der Waals surface area contributed by atoms with Crippen molar-refractivity contribution in [1.29, 1.82) is 0 Å². The van der Waals surface area contributed by atoms with Crippen LogP contribution in [0, 0.1) is 0 Å². The van der Waals surface area contributed by atoms with Gasteiger partial charge >= 0.3 is 0 Å². The molecule has 1 heterocycles. The van der Waals surface area contributed by atoms with Gasteiger partial charge in [0.2, 0.25) is 10.0 Å². The Morgan fingerprint density at radius 3 is 2.48 bits per heavy atom. The second kappa shape index (κ2) is 7.96. The molecule has 2 aromatic carbocycles. The van der Waals surface area contributed by atoms with Crippen LogP contribution in [0.2, 0.25) is 5.02 Å². The normalized spacial score (nSPS) is 11.5. The highest BCUT2D eigenvalue weighted by molar-refractivity contribution is 7.89. The zero-order chi connectivity index (χ0) is 19.4. The Labute approximate surface area is 162 Å². The van der Waals surface area contributed by atoms with Gasteiger partial charge < -0.3 is 9.73 Å². The number of nitrogens with zero attached hydrogens (tertiary/aromatic N) is 1. The van der Waals surface area contributed by atoms with Gasteiger partial charge in [-0.25, -0.2) is 8.42 Å². The van der Waals surface area contributed by atoms with Gasteiger partial charge in [-0.3, -0.25) is 4.79 Å². The molecule has 0 saturated carbocycles. The highest BCUT2D eigenvalue weighted by atomic mass is 35.5. The summed E-state index contributed by atoms with van der Waals surface area (Å²) in [6.07, 6.45) is 1.49. The Balaban J connectivity index is 1.73. The van der Waals surface area contributed by atoms with E-state index in [1.54, 1.807) is 36.4 Å². The van der Waals surface area contributed by atoms with Gasteiger partial charge in [0.15, 0.2) is 0 Å². The molecule has 1 amide bonds. The van der Waals surface area contributed by atoms with E-state index in [2.05, 4.69) is 5.32 Å². The molecule has 0 aliphatic heterocycles. The lowest BCUT2D eigenvalue weighted by Gasteiger charge is -2.16. The lowest BCUT2D eigenvalue weighted by molar-refractivity contribution is 0.102. The Morgan fingerprint density at radius 1 is 1.11 bits per heavy atom. The molecule has 3 aromatic rings. The second-order valence-corrected chi connectivity index (χ2v) is 8.31. The van der Waals surface area contributed by atoms with Crippen molar-refractivity contribution in [1.82, 2.24) is 4.31 Å². The molecule has 0 radical (unpaired) electrons. The van der Waals surface area contributed by atoms with E-state index in [-0.39, 0.29) is 17.3 Å². The molecule has 1 N–H and O–H groups in total. The van der Waals surface area contributed by atoms with Crippen LogP contribution >= 0.6 is 11.6 Å². The first-order valence-corrected chi connectivity index (χ1v) is 9.84. The Hall–Kier alpha value is -2.61. The first-order valence-electron chi connectivity index (χ1n) is 8.02. The Kier molecular flexibility index (Phi) is 5.65. The predicted molar refractivity (Wildman–Crippen MR) is 103 cm³/mol. The summed E-state index contributed by atoms with van der Waals surface area (Å²) in [4.78, 5) is 12.4. The van der Waals surface area contributed by atoms with Crippen molar-refractivity contribution in [2.45, 2.75) is 11.4 Å². The van der Waals surface area contributed by atoms with Crippen molar-refractivity contribution in [3.8, 4) is 0 Å². The minimum Gasteiger partial charge on any atom is -0.468 e. The molecule has 0 atom stereocenters. The van der Waals surface area contributed by atoms with Crippen LogP contribution in [0.3, 0.4) is 0 Å². The van der Waals surface area contributed by atoms with E-state index >= 15 is 0 Å². The number of halogens is 1. The average molecular weight is 405 g/mol. The number of furan rings is 1. The van der Waals surface area contributed by atoms with E-state index in [4.69, 9.17) is 16.0 Å². The zero-order valence-corrected chi connectivity index (χ0v) is 16.0. The van der Waals surface area contributed by atoms with Crippen molar-refractivity contribution < 1.29 is 17.6 Å². The topological polar surface area (TPSA) is 79.6 Å². The number of amides is 1. The van der Waals surface area contributed by atoms with Crippen LogP contribution < -0.4 is 5.32 Å². The third-order valence-corrected chi connectivity index (χ3v) is 5.92. The van der Waals surface area contributed by atoms with E-state index in [0.29, 0.717) is 22.0 Å². The van der Waals surface area contributed by atoms with Gasteiger partial charge in [-0.15, -0.1) is 0 Å². The number of carbonyl (C=O) groups is 1. The summed E-state index contributed by atoms with van der Waals surface area (Å²) < 4.78 is 31.6. The number of benzene rings is 2. The van der Waals surface area contributed by atoms with Gasteiger partial charge in [-0.2, -0.15) is 4.31 Å². The first-order chi connectivity index (χ1) is 12.9. The van der Waals surface area contributed by atoms with E-state index in [9.17, 15) is 13.2 Å². The van der Waals surface area contributed by atoms with E-state index < -0.39 is 10.0 Å². The standard InChI is InChI=1S/C19H17ClN2O4S/c1-22(13-17-6-3-11-26-17)27(24,25)18-9-7-14(8-10-18)19(23)21-16-5-2-4-15(20)12-16/h2-12H,13H2,1H3,(H,21,23).